The first-order valence-electron chi connectivity index (χ1n) is 7.05. The highest BCUT2D eigenvalue weighted by Gasteiger charge is 2.14. The lowest BCUT2D eigenvalue weighted by atomic mass is 10.1. The number of fused-ring (bicyclic) bond motifs is 1. The fraction of sp³-hybridized carbons (Fsp3) is 0.250. The van der Waals surface area contributed by atoms with Crippen molar-refractivity contribution >= 4 is 10.0 Å². The van der Waals surface area contributed by atoms with Crippen molar-refractivity contribution in [2.24, 2.45) is 0 Å². The van der Waals surface area contributed by atoms with Crippen LogP contribution in [0, 0.1) is 5.82 Å². The third kappa shape index (κ3) is 3.71. The normalized spacial score (nSPS) is 14.0. The maximum atomic E-state index is 13.1. The molecule has 0 unspecified atom stereocenters. The Kier molecular flexibility index (Phi) is 4.24. The molecule has 0 saturated heterocycles. The summed E-state index contributed by atoms with van der Waals surface area (Å²) in [5, 5.41) is 3.25. The third-order valence-corrected chi connectivity index (χ3v) is 4.94. The largest absolute Gasteiger partial charge is 0.309 e. The van der Waals surface area contributed by atoms with E-state index in [-0.39, 0.29) is 12.3 Å². The van der Waals surface area contributed by atoms with Crippen LogP contribution in [0.3, 0.4) is 0 Å². The van der Waals surface area contributed by atoms with Crippen LogP contribution in [0.25, 0.3) is 0 Å². The van der Waals surface area contributed by atoms with Gasteiger partial charge < -0.3 is 5.32 Å². The maximum absolute atomic E-state index is 13.1. The molecular formula is C16H17FN2O2S. The second kappa shape index (κ2) is 6.16. The number of nitrogens with one attached hydrogen (secondary N) is 2. The third-order valence-electron chi connectivity index (χ3n) is 3.64. The van der Waals surface area contributed by atoms with Crippen molar-refractivity contribution < 1.29 is 12.8 Å². The summed E-state index contributed by atoms with van der Waals surface area (Å²) in [4.78, 5) is 0. The van der Waals surface area contributed by atoms with E-state index in [2.05, 4.69) is 10.0 Å². The molecule has 0 spiro atoms. The van der Waals surface area contributed by atoms with Gasteiger partial charge in [-0.1, -0.05) is 30.3 Å². The van der Waals surface area contributed by atoms with Crippen LogP contribution in [0.2, 0.25) is 0 Å². The Balaban J connectivity index is 1.65. The molecule has 0 saturated carbocycles. The van der Waals surface area contributed by atoms with Crippen LogP contribution in [0.15, 0.2) is 42.5 Å². The van der Waals surface area contributed by atoms with Crippen molar-refractivity contribution in [3.05, 3.63) is 70.5 Å². The van der Waals surface area contributed by atoms with Crippen molar-refractivity contribution in [1.82, 2.24) is 10.0 Å². The summed E-state index contributed by atoms with van der Waals surface area (Å²) in [5.74, 6) is -0.657. The van der Waals surface area contributed by atoms with Gasteiger partial charge in [0.25, 0.3) is 0 Å². The van der Waals surface area contributed by atoms with Gasteiger partial charge in [-0.2, -0.15) is 0 Å². The number of benzene rings is 2. The molecule has 0 radical (unpaired) electrons. The highest BCUT2D eigenvalue weighted by molar-refractivity contribution is 7.88. The first-order valence-corrected chi connectivity index (χ1v) is 8.70. The molecule has 1 aliphatic rings. The van der Waals surface area contributed by atoms with Gasteiger partial charge in [0.05, 0.1) is 5.75 Å². The summed E-state index contributed by atoms with van der Waals surface area (Å²) < 4.78 is 39.8. The van der Waals surface area contributed by atoms with E-state index in [1.807, 2.05) is 18.2 Å². The Morgan fingerprint density at radius 3 is 2.68 bits per heavy atom. The van der Waals surface area contributed by atoms with Crippen LogP contribution in [-0.2, 0) is 35.4 Å². The summed E-state index contributed by atoms with van der Waals surface area (Å²) in [6.45, 7) is 1.92. The number of rotatable bonds is 5. The SMILES string of the molecule is O=S(=O)(Cc1cccc(F)c1)NCc1ccc2c(c1)CNC2. The van der Waals surface area contributed by atoms with Gasteiger partial charge in [0, 0.05) is 19.6 Å². The molecule has 2 aromatic rings. The molecule has 22 heavy (non-hydrogen) atoms. The van der Waals surface area contributed by atoms with Gasteiger partial charge in [-0.05, 0) is 34.4 Å². The predicted octanol–water partition coefficient (Wildman–Crippen LogP) is 2.05. The average Bonchev–Trinajstić information content (AvgIpc) is 2.92. The summed E-state index contributed by atoms with van der Waals surface area (Å²) in [6.07, 6.45) is 0. The molecule has 1 heterocycles. The molecule has 0 bridgehead atoms. The van der Waals surface area contributed by atoms with E-state index in [1.54, 1.807) is 6.07 Å². The Bertz CT molecular complexity index is 790. The van der Waals surface area contributed by atoms with Gasteiger partial charge in [0.1, 0.15) is 5.82 Å². The molecule has 6 heteroatoms. The number of halogens is 1. The zero-order valence-electron chi connectivity index (χ0n) is 12.0. The molecule has 2 aromatic carbocycles. The summed E-state index contributed by atoms with van der Waals surface area (Å²) in [6, 6.07) is 11.6. The van der Waals surface area contributed by atoms with E-state index in [9.17, 15) is 12.8 Å². The lowest BCUT2D eigenvalue weighted by Crippen LogP contribution is -2.24. The lowest BCUT2D eigenvalue weighted by molar-refractivity contribution is 0.580. The van der Waals surface area contributed by atoms with Crippen LogP contribution in [0.5, 0.6) is 0 Å². The van der Waals surface area contributed by atoms with Crippen LogP contribution in [-0.4, -0.2) is 8.42 Å². The molecule has 0 atom stereocenters. The van der Waals surface area contributed by atoms with Crippen LogP contribution in [0.1, 0.15) is 22.3 Å². The predicted molar refractivity (Wildman–Crippen MR) is 82.8 cm³/mol. The first kappa shape index (κ1) is 15.1. The van der Waals surface area contributed by atoms with Gasteiger partial charge >= 0.3 is 0 Å². The fourth-order valence-corrected chi connectivity index (χ4v) is 3.66. The zero-order valence-corrected chi connectivity index (χ0v) is 12.8. The van der Waals surface area contributed by atoms with Crippen LogP contribution >= 0.6 is 0 Å². The van der Waals surface area contributed by atoms with E-state index < -0.39 is 15.8 Å². The van der Waals surface area contributed by atoms with E-state index in [4.69, 9.17) is 0 Å². The molecular weight excluding hydrogens is 303 g/mol. The molecule has 0 fully saturated rings. The van der Waals surface area contributed by atoms with Crippen molar-refractivity contribution in [3.8, 4) is 0 Å². The Morgan fingerprint density at radius 1 is 1.05 bits per heavy atom. The smallest absolute Gasteiger partial charge is 0.216 e. The second-order valence-electron chi connectivity index (χ2n) is 5.42. The highest BCUT2D eigenvalue weighted by Crippen LogP contribution is 2.17. The summed E-state index contributed by atoms with van der Waals surface area (Å²) in [5.41, 5.74) is 3.82. The fourth-order valence-electron chi connectivity index (χ4n) is 2.55. The van der Waals surface area contributed by atoms with E-state index in [0.717, 1.165) is 18.7 Å². The number of hydrogen-bond acceptors (Lipinski definition) is 3. The van der Waals surface area contributed by atoms with Crippen LogP contribution in [0.4, 0.5) is 4.39 Å². The Labute approximate surface area is 129 Å². The van der Waals surface area contributed by atoms with Gasteiger partial charge in [0.2, 0.25) is 10.0 Å². The van der Waals surface area contributed by atoms with Crippen molar-refractivity contribution in [1.29, 1.82) is 0 Å². The minimum atomic E-state index is -3.50. The Hall–Kier alpha value is -1.76. The topological polar surface area (TPSA) is 58.2 Å². The van der Waals surface area contributed by atoms with E-state index in [0.29, 0.717) is 5.56 Å². The second-order valence-corrected chi connectivity index (χ2v) is 7.22. The average molecular weight is 320 g/mol. The maximum Gasteiger partial charge on any atom is 0.216 e. The molecule has 3 rings (SSSR count). The summed E-state index contributed by atoms with van der Waals surface area (Å²) >= 11 is 0. The first-order chi connectivity index (χ1) is 10.5. The Morgan fingerprint density at radius 2 is 1.86 bits per heavy atom. The number of sulfonamides is 1. The lowest BCUT2D eigenvalue weighted by Gasteiger charge is -2.08. The molecule has 0 aromatic heterocycles. The van der Waals surface area contributed by atoms with E-state index in [1.165, 1.54) is 29.3 Å². The van der Waals surface area contributed by atoms with Gasteiger partial charge in [-0.25, -0.2) is 17.5 Å². The van der Waals surface area contributed by atoms with Crippen molar-refractivity contribution in [3.63, 3.8) is 0 Å². The quantitative estimate of drug-likeness (QED) is 0.886. The molecule has 4 nitrogen and oxygen atoms in total. The minimum absolute atomic E-state index is 0.225. The molecule has 116 valence electrons. The molecule has 2 N–H and O–H groups in total. The van der Waals surface area contributed by atoms with Gasteiger partial charge in [-0.15, -0.1) is 0 Å². The highest BCUT2D eigenvalue weighted by atomic mass is 32.2. The van der Waals surface area contributed by atoms with Gasteiger partial charge in [0.15, 0.2) is 0 Å². The molecule has 0 aliphatic carbocycles. The molecule has 1 aliphatic heterocycles. The monoisotopic (exact) mass is 320 g/mol. The minimum Gasteiger partial charge on any atom is -0.309 e. The standard InChI is InChI=1S/C16H17FN2O2S/c17-16-3-1-2-13(7-16)11-22(20,21)19-8-12-4-5-14-9-18-10-15(14)6-12/h1-7,18-19H,8-11H2. The van der Waals surface area contributed by atoms with Crippen LogP contribution < -0.4 is 10.0 Å². The van der Waals surface area contributed by atoms with Gasteiger partial charge in [-0.3, -0.25) is 0 Å². The summed E-state index contributed by atoms with van der Waals surface area (Å²) in [7, 11) is -3.50. The van der Waals surface area contributed by atoms with Crippen molar-refractivity contribution in [2.75, 3.05) is 0 Å². The van der Waals surface area contributed by atoms with Crippen molar-refractivity contribution in [2.45, 2.75) is 25.4 Å². The molecule has 0 amide bonds. The number of hydrogen-bond donors (Lipinski definition) is 2. The van der Waals surface area contributed by atoms with E-state index >= 15 is 0 Å². The zero-order chi connectivity index (χ0) is 15.6.